The van der Waals surface area contributed by atoms with E-state index in [1.54, 1.807) is 0 Å². The average Bonchev–Trinajstić information content (AvgIpc) is 2.59. The van der Waals surface area contributed by atoms with E-state index in [-0.39, 0.29) is 6.61 Å². The molecule has 0 saturated heterocycles. The fourth-order valence-corrected chi connectivity index (χ4v) is 3.67. The molecule has 0 unspecified atom stereocenters. The van der Waals surface area contributed by atoms with Gasteiger partial charge in [0.05, 0.1) is 6.61 Å². The predicted octanol–water partition coefficient (Wildman–Crippen LogP) is 5.20. The van der Waals surface area contributed by atoms with Gasteiger partial charge in [-0.2, -0.15) is 0 Å². The summed E-state index contributed by atoms with van der Waals surface area (Å²) in [5.41, 5.74) is 2.41. The summed E-state index contributed by atoms with van der Waals surface area (Å²) in [4.78, 5) is 0. The molecular formula is C21H18O. The van der Waals surface area contributed by atoms with Gasteiger partial charge >= 0.3 is 0 Å². The lowest BCUT2D eigenvalue weighted by Gasteiger charge is -2.16. The molecule has 0 radical (unpaired) electrons. The van der Waals surface area contributed by atoms with Gasteiger partial charge in [0.1, 0.15) is 0 Å². The Morgan fingerprint density at radius 3 is 2.00 bits per heavy atom. The van der Waals surface area contributed by atoms with Crippen LogP contribution in [0, 0.1) is 0 Å². The average molecular weight is 286 g/mol. The maximum absolute atomic E-state index is 9.97. The molecule has 1 nitrogen and oxygen atoms in total. The number of hydrogen-bond acceptors (Lipinski definition) is 1. The summed E-state index contributed by atoms with van der Waals surface area (Å²) in [6, 6.07) is 21.3. The van der Waals surface area contributed by atoms with Crippen molar-refractivity contribution in [2.75, 3.05) is 0 Å². The summed E-state index contributed by atoms with van der Waals surface area (Å²) in [7, 11) is 0. The van der Waals surface area contributed by atoms with Crippen LogP contribution in [0.4, 0.5) is 0 Å². The van der Waals surface area contributed by atoms with Crippen LogP contribution in [0.5, 0.6) is 0 Å². The first-order valence-corrected chi connectivity index (χ1v) is 7.80. The summed E-state index contributed by atoms with van der Waals surface area (Å²) in [6.07, 6.45) is 0.983. The Labute approximate surface area is 129 Å². The number of fused-ring (bicyclic) bond motifs is 4. The molecule has 0 saturated carbocycles. The number of hydrogen-bond donors (Lipinski definition) is 1. The monoisotopic (exact) mass is 286 g/mol. The van der Waals surface area contributed by atoms with Crippen molar-refractivity contribution in [1.82, 2.24) is 0 Å². The Balaban J connectivity index is 2.36. The third-order valence-electron chi connectivity index (χ3n) is 4.64. The molecule has 1 heteroatoms. The zero-order chi connectivity index (χ0) is 15.1. The molecule has 0 aliphatic heterocycles. The molecule has 4 aromatic carbocycles. The Morgan fingerprint density at radius 1 is 0.682 bits per heavy atom. The van der Waals surface area contributed by atoms with Gasteiger partial charge in [0.15, 0.2) is 0 Å². The number of benzene rings is 4. The van der Waals surface area contributed by atoms with E-state index in [4.69, 9.17) is 0 Å². The van der Waals surface area contributed by atoms with Crippen molar-refractivity contribution in [2.24, 2.45) is 0 Å². The molecule has 0 atom stereocenters. The van der Waals surface area contributed by atoms with Gasteiger partial charge in [-0.1, -0.05) is 67.6 Å². The van der Waals surface area contributed by atoms with E-state index in [9.17, 15) is 5.11 Å². The summed E-state index contributed by atoms with van der Waals surface area (Å²) >= 11 is 0. The summed E-state index contributed by atoms with van der Waals surface area (Å²) < 4.78 is 0. The van der Waals surface area contributed by atoms with Gasteiger partial charge in [-0.25, -0.2) is 0 Å². The summed E-state index contributed by atoms with van der Waals surface area (Å²) in [5.74, 6) is 0. The highest BCUT2D eigenvalue weighted by atomic mass is 16.3. The Hall–Kier alpha value is -2.38. The number of rotatable bonds is 2. The lowest BCUT2D eigenvalue weighted by Crippen LogP contribution is -1.95. The van der Waals surface area contributed by atoms with E-state index in [0.717, 1.165) is 12.0 Å². The van der Waals surface area contributed by atoms with E-state index in [0.29, 0.717) is 0 Å². The van der Waals surface area contributed by atoms with E-state index in [1.165, 1.54) is 37.9 Å². The van der Waals surface area contributed by atoms with Crippen LogP contribution in [0.25, 0.3) is 32.3 Å². The standard InChI is InChI=1S/C21H18O/c1-2-15-17-9-5-6-10-18(17)20(13-22)19-12-11-14-7-3-4-8-16(14)21(15)19/h3-12,22H,2,13H2,1H3. The molecule has 4 rings (SSSR count). The first kappa shape index (κ1) is 13.3. The van der Waals surface area contributed by atoms with Crippen molar-refractivity contribution in [3.63, 3.8) is 0 Å². The third kappa shape index (κ3) is 1.76. The van der Waals surface area contributed by atoms with Crippen molar-refractivity contribution in [3.05, 3.63) is 71.8 Å². The van der Waals surface area contributed by atoms with Crippen LogP contribution < -0.4 is 0 Å². The molecule has 0 aromatic heterocycles. The maximum atomic E-state index is 9.97. The molecule has 0 aliphatic rings. The fraction of sp³-hybridized carbons (Fsp3) is 0.143. The first-order chi connectivity index (χ1) is 10.8. The second-order valence-corrected chi connectivity index (χ2v) is 5.72. The second kappa shape index (κ2) is 5.11. The highest BCUT2D eigenvalue weighted by Crippen LogP contribution is 2.37. The minimum absolute atomic E-state index is 0.0688. The highest BCUT2D eigenvalue weighted by Gasteiger charge is 2.14. The lowest BCUT2D eigenvalue weighted by atomic mass is 9.88. The van der Waals surface area contributed by atoms with Crippen molar-refractivity contribution < 1.29 is 5.11 Å². The van der Waals surface area contributed by atoms with E-state index < -0.39 is 0 Å². The normalized spacial score (nSPS) is 11.5. The van der Waals surface area contributed by atoms with Gasteiger partial charge in [-0.05, 0) is 49.9 Å². The SMILES string of the molecule is CCc1c2ccccc2c(CO)c2ccc3ccccc3c12. The zero-order valence-electron chi connectivity index (χ0n) is 12.6. The van der Waals surface area contributed by atoms with Gasteiger partial charge in [0.2, 0.25) is 0 Å². The van der Waals surface area contributed by atoms with Crippen molar-refractivity contribution in [2.45, 2.75) is 20.0 Å². The van der Waals surface area contributed by atoms with Gasteiger partial charge in [0.25, 0.3) is 0 Å². The molecule has 0 bridgehead atoms. The summed E-state index contributed by atoms with van der Waals surface area (Å²) in [6.45, 7) is 2.28. The number of aliphatic hydroxyl groups is 1. The molecule has 108 valence electrons. The topological polar surface area (TPSA) is 20.2 Å². The molecule has 0 aliphatic carbocycles. The van der Waals surface area contributed by atoms with Gasteiger partial charge in [-0.3, -0.25) is 0 Å². The lowest BCUT2D eigenvalue weighted by molar-refractivity contribution is 0.285. The number of aryl methyl sites for hydroxylation is 1. The van der Waals surface area contributed by atoms with Crippen LogP contribution in [0.15, 0.2) is 60.7 Å². The Morgan fingerprint density at radius 2 is 1.32 bits per heavy atom. The highest BCUT2D eigenvalue weighted by molar-refractivity contribution is 6.16. The maximum Gasteiger partial charge on any atom is 0.0693 e. The van der Waals surface area contributed by atoms with E-state index >= 15 is 0 Å². The quantitative estimate of drug-likeness (QED) is 0.396. The van der Waals surface area contributed by atoms with Crippen molar-refractivity contribution >= 4 is 32.3 Å². The van der Waals surface area contributed by atoms with Crippen LogP contribution in [0.2, 0.25) is 0 Å². The molecule has 0 spiro atoms. The van der Waals surface area contributed by atoms with Crippen LogP contribution in [0.1, 0.15) is 18.1 Å². The van der Waals surface area contributed by atoms with Crippen LogP contribution in [0.3, 0.4) is 0 Å². The Bertz CT molecular complexity index is 999. The largest absolute Gasteiger partial charge is 0.392 e. The minimum Gasteiger partial charge on any atom is -0.392 e. The smallest absolute Gasteiger partial charge is 0.0693 e. The number of aliphatic hydroxyl groups excluding tert-OH is 1. The fourth-order valence-electron chi connectivity index (χ4n) is 3.67. The van der Waals surface area contributed by atoms with Crippen LogP contribution >= 0.6 is 0 Å². The molecule has 1 N–H and O–H groups in total. The van der Waals surface area contributed by atoms with Crippen molar-refractivity contribution in [1.29, 1.82) is 0 Å². The van der Waals surface area contributed by atoms with Crippen molar-refractivity contribution in [3.8, 4) is 0 Å². The third-order valence-corrected chi connectivity index (χ3v) is 4.64. The Kier molecular flexibility index (Phi) is 3.09. The van der Waals surface area contributed by atoms with Gasteiger partial charge in [-0.15, -0.1) is 0 Å². The zero-order valence-corrected chi connectivity index (χ0v) is 12.6. The molecule has 22 heavy (non-hydrogen) atoms. The van der Waals surface area contributed by atoms with Crippen LogP contribution in [-0.2, 0) is 13.0 Å². The molecule has 0 amide bonds. The minimum atomic E-state index is 0.0688. The van der Waals surface area contributed by atoms with Gasteiger partial charge in [0, 0.05) is 0 Å². The molecule has 0 fully saturated rings. The van der Waals surface area contributed by atoms with Gasteiger partial charge < -0.3 is 5.11 Å². The van der Waals surface area contributed by atoms with E-state index in [2.05, 4.69) is 61.5 Å². The molecular weight excluding hydrogens is 268 g/mol. The first-order valence-electron chi connectivity index (χ1n) is 7.80. The second-order valence-electron chi connectivity index (χ2n) is 5.72. The predicted molar refractivity (Wildman–Crippen MR) is 94.3 cm³/mol. The molecule has 4 aromatic rings. The summed E-state index contributed by atoms with van der Waals surface area (Å²) in [5, 5.41) is 17.4. The van der Waals surface area contributed by atoms with E-state index in [1.807, 2.05) is 6.07 Å². The molecule has 0 heterocycles. The van der Waals surface area contributed by atoms with Crippen LogP contribution in [-0.4, -0.2) is 5.11 Å².